The lowest BCUT2D eigenvalue weighted by molar-refractivity contribution is 0.0240. The van der Waals surface area contributed by atoms with Gasteiger partial charge in [0.1, 0.15) is 22.5 Å². The fourth-order valence-corrected chi connectivity index (χ4v) is 3.82. The van der Waals surface area contributed by atoms with Crippen LogP contribution in [0.2, 0.25) is 0 Å². The monoisotopic (exact) mass is 412 g/mol. The maximum Gasteiger partial charge on any atom is 0.410 e. The van der Waals surface area contributed by atoms with E-state index in [0.717, 1.165) is 22.2 Å². The van der Waals surface area contributed by atoms with Gasteiger partial charge in [0, 0.05) is 55.0 Å². The molecule has 2 aromatic heterocycles. The fraction of sp³-hybridized carbons (Fsp3) is 0.478. The van der Waals surface area contributed by atoms with Gasteiger partial charge in [0.05, 0.1) is 5.69 Å². The Balaban J connectivity index is 1.66. The van der Waals surface area contributed by atoms with Gasteiger partial charge >= 0.3 is 11.7 Å². The molecule has 1 amide bonds. The first-order valence-corrected chi connectivity index (χ1v) is 10.4. The summed E-state index contributed by atoms with van der Waals surface area (Å²) in [6.07, 6.45) is -0.274. The highest BCUT2D eigenvalue weighted by Gasteiger charge is 2.29. The number of amides is 1. The van der Waals surface area contributed by atoms with Gasteiger partial charge in [-0.3, -0.25) is 0 Å². The molecule has 0 N–H and O–H groups in total. The number of benzene rings is 1. The van der Waals surface area contributed by atoms with Gasteiger partial charge < -0.3 is 23.4 Å². The number of hydrogen-bond acceptors (Lipinski definition) is 6. The van der Waals surface area contributed by atoms with Crippen LogP contribution in [0.25, 0.3) is 21.9 Å². The number of hydrogen-bond donors (Lipinski definition) is 0. The zero-order chi connectivity index (χ0) is 21.6. The van der Waals surface area contributed by atoms with Gasteiger partial charge in [-0.25, -0.2) is 9.59 Å². The van der Waals surface area contributed by atoms with Crippen molar-refractivity contribution in [3.05, 3.63) is 40.4 Å². The second kappa shape index (κ2) is 7.38. The molecule has 3 aromatic rings. The van der Waals surface area contributed by atoms with Crippen molar-refractivity contribution in [2.24, 2.45) is 0 Å². The van der Waals surface area contributed by atoms with Crippen LogP contribution in [0.4, 0.5) is 10.5 Å². The van der Waals surface area contributed by atoms with E-state index in [1.54, 1.807) is 17.0 Å². The topological polar surface area (TPSA) is 76.1 Å². The van der Waals surface area contributed by atoms with Crippen molar-refractivity contribution in [2.45, 2.75) is 46.1 Å². The van der Waals surface area contributed by atoms with Crippen LogP contribution in [0.15, 0.2) is 37.9 Å². The van der Waals surface area contributed by atoms with Crippen LogP contribution >= 0.6 is 0 Å². The van der Waals surface area contributed by atoms with Gasteiger partial charge in [0.15, 0.2) is 0 Å². The first kappa shape index (κ1) is 20.3. The van der Waals surface area contributed by atoms with Crippen LogP contribution in [-0.2, 0) is 4.74 Å². The van der Waals surface area contributed by atoms with Crippen LogP contribution in [0.3, 0.4) is 0 Å². The van der Waals surface area contributed by atoms with Crippen molar-refractivity contribution < 1.29 is 18.4 Å². The second-order valence-corrected chi connectivity index (χ2v) is 9.06. The van der Waals surface area contributed by atoms with Crippen molar-refractivity contribution in [1.82, 2.24) is 4.90 Å². The van der Waals surface area contributed by atoms with Crippen molar-refractivity contribution in [3.63, 3.8) is 0 Å². The van der Waals surface area contributed by atoms with E-state index in [4.69, 9.17) is 13.6 Å². The second-order valence-electron chi connectivity index (χ2n) is 9.06. The standard InChI is InChI=1S/C23H28N2O5/c1-14(2)21-20(24-8-10-25(11-9-24)22(27)30-23(3,4)5)16-12-15-6-7-19(26)28-17(15)13-18(16)29-21/h6-7,12-14H,8-11H2,1-5H3. The Kier molecular flexibility index (Phi) is 5.00. The minimum absolute atomic E-state index is 0.186. The molecule has 0 atom stereocenters. The molecule has 3 heterocycles. The molecule has 0 bridgehead atoms. The molecule has 0 spiro atoms. The minimum atomic E-state index is -0.504. The zero-order valence-corrected chi connectivity index (χ0v) is 18.2. The van der Waals surface area contributed by atoms with Crippen LogP contribution in [-0.4, -0.2) is 42.8 Å². The zero-order valence-electron chi connectivity index (χ0n) is 18.2. The lowest BCUT2D eigenvalue weighted by Crippen LogP contribution is -2.50. The SMILES string of the molecule is CC(C)c1oc2cc3oc(=O)ccc3cc2c1N1CCN(C(=O)OC(C)(C)C)CC1. The number of fused-ring (bicyclic) bond motifs is 2. The molecule has 7 heteroatoms. The summed E-state index contributed by atoms with van der Waals surface area (Å²) in [7, 11) is 0. The fourth-order valence-electron chi connectivity index (χ4n) is 3.82. The average Bonchev–Trinajstić information content (AvgIpc) is 3.03. The lowest BCUT2D eigenvalue weighted by Gasteiger charge is -2.37. The molecule has 0 saturated carbocycles. The van der Waals surface area contributed by atoms with E-state index in [9.17, 15) is 9.59 Å². The Labute approximate surface area is 175 Å². The largest absolute Gasteiger partial charge is 0.458 e. The first-order valence-electron chi connectivity index (χ1n) is 10.4. The van der Waals surface area contributed by atoms with E-state index >= 15 is 0 Å². The Morgan fingerprint density at radius 3 is 2.37 bits per heavy atom. The smallest absolute Gasteiger partial charge is 0.410 e. The van der Waals surface area contributed by atoms with Gasteiger partial charge in [-0.05, 0) is 32.9 Å². The Bertz CT molecular complexity index is 1140. The van der Waals surface area contributed by atoms with Crippen LogP contribution in [0.5, 0.6) is 0 Å². The highest BCUT2D eigenvalue weighted by atomic mass is 16.6. The summed E-state index contributed by atoms with van der Waals surface area (Å²) < 4.78 is 17.0. The summed E-state index contributed by atoms with van der Waals surface area (Å²) in [6, 6.07) is 7.00. The third kappa shape index (κ3) is 3.88. The van der Waals surface area contributed by atoms with Gasteiger partial charge in [0.2, 0.25) is 0 Å². The molecule has 1 aromatic carbocycles. The van der Waals surface area contributed by atoms with E-state index in [1.807, 2.05) is 26.8 Å². The number of anilines is 1. The molecule has 7 nitrogen and oxygen atoms in total. The van der Waals surface area contributed by atoms with E-state index in [0.29, 0.717) is 37.3 Å². The lowest BCUT2D eigenvalue weighted by atomic mass is 10.1. The highest BCUT2D eigenvalue weighted by molar-refractivity contribution is 6.01. The Morgan fingerprint density at radius 2 is 1.73 bits per heavy atom. The number of furan rings is 1. The Morgan fingerprint density at radius 1 is 1.03 bits per heavy atom. The molecule has 1 fully saturated rings. The molecule has 4 rings (SSSR count). The summed E-state index contributed by atoms with van der Waals surface area (Å²) in [6.45, 7) is 12.4. The molecule has 1 saturated heterocycles. The van der Waals surface area contributed by atoms with Gasteiger partial charge in [-0.2, -0.15) is 0 Å². The number of carbonyl (C=O) groups is 1. The third-order valence-corrected chi connectivity index (χ3v) is 5.20. The van der Waals surface area contributed by atoms with Crippen molar-refractivity contribution in [1.29, 1.82) is 0 Å². The minimum Gasteiger partial charge on any atom is -0.458 e. The van der Waals surface area contributed by atoms with Gasteiger partial charge in [0.25, 0.3) is 0 Å². The molecule has 160 valence electrons. The van der Waals surface area contributed by atoms with Gasteiger partial charge in [-0.1, -0.05) is 13.8 Å². The maximum absolute atomic E-state index is 12.4. The van der Waals surface area contributed by atoms with Crippen molar-refractivity contribution in [3.8, 4) is 0 Å². The number of ether oxygens (including phenoxy) is 1. The molecule has 30 heavy (non-hydrogen) atoms. The quantitative estimate of drug-likeness (QED) is 0.567. The molecule has 0 radical (unpaired) electrons. The predicted octanol–water partition coefficient (Wildman–Crippen LogP) is 4.72. The predicted molar refractivity (Wildman–Crippen MR) is 116 cm³/mol. The van der Waals surface area contributed by atoms with E-state index < -0.39 is 5.60 Å². The third-order valence-electron chi connectivity index (χ3n) is 5.20. The number of piperazine rings is 1. The molecule has 0 unspecified atom stereocenters. The summed E-state index contributed by atoms with van der Waals surface area (Å²) >= 11 is 0. The van der Waals surface area contributed by atoms with Crippen LogP contribution in [0.1, 0.15) is 46.3 Å². The van der Waals surface area contributed by atoms with E-state index in [-0.39, 0.29) is 17.6 Å². The molecular formula is C23H28N2O5. The summed E-state index contributed by atoms with van der Waals surface area (Å²) in [5.74, 6) is 1.08. The molecule has 1 aliphatic rings. The van der Waals surface area contributed by atoms with E-state index in [2.05, 4.69) is 18.7 Å². The van der Waals surface area contributed by atoms with Crippen LogP contribution < -0.4 is 10.5 Å². The average molecular weight is 412 g/mol. The summed E-state index contributed by atoms with van der Waals surface area (Å²) in [5.41, 5.74) is 1.38. The number of nitrogens with zero attached hydrogens (tertiary/aromatic N) is 2. The number of carbonyl (C=O) groups excluding carboxylic acids is 1. The van der Waals surface area contributed by atoms with Crippen LogP contribution in [0, 0.1) is 0 Å². The number of rotatable bonds is 2. The van der Waals surface area contributed by atoms with Crippen molar-refractivity contribution >= 4 is 33.7 Å². The summed E-state index contributed by atoms with van der Waals surface area (Å²) in [5, 5.41) is 1.85. The highest BCUT2D eigenvalue weighted by Crippen LogP contribution is 2.40. The maximum atomic E-state index is 12.4. The molecule has 0 aliphatic carbocycles. The normalized spacial score (nSPS) is 15.4. The van der Waals surface area contributed by atoms with Gasteiger partial charge in [-0.15, -0.1) is 0 Å². The summed E-state index contributed by atoms with van der Waals surface area (Å²) in [4.78, 5) is 28.0. The van der Waals surface area contributed by atoms with Crippen molar-refractivity contribution in [2.75, 3.05) is 31.1 Å². The van der Waals surface area contributed by atoms with E-state index in [1.165, 1.54) is 6.07 Å². The molecule has 1 aliphatic heterocycles. The first-order chi connectivity index (χ1) is 14.1. The molecular weight excluding hydrogens is 384 g/mol. The Hall–Kier alpha value is -2.96.